The predicted octanol–water partition coefficient (Wildman–Crippen LogP) is 1.41. The number of nitrogens with two attached hydrogens (primary N) is 1. The summed E-state index contributed by atoms with van der Waals surface area (Å²) in [6.45, 7) is 0. The van der Waals surface area contributed by atoms with Gasteiger partial charge in [0.2, 0.25) is 0 Å². The maximum absolute atomic E-state index is 10.9. The first-order valence-electron chi connectivity index (χ1n) is 6.01. The minimum Gasteiger partial charge on any atom is -0.465 e. The van der Waals surface area contributed by atoms with Gasteiger partial charge in [0.05, 0.1) is 12.0 Å². The van der Waals surface area contributed by atoms with E-state index in [0.717, 1.165) is 0 Å². The Morgan fingerprint density at radius 2 is 2.00 bits per heavy atom. The van der Waals surface area contributed by atoms with E-state index in [4.69, 9.17) is 10.5 Å². The lowest BCUT2D eigenvalue weighted by Crippen LogP contribution is -2.18. The molecule has 22 heavy (non-hydrogen) atoms. The fourth-order valence-corrected chi connectivity index (χ4v) is 2.06. The third-order valence-electron chi connectivity index (χ3n) is 3.02. The van der Waals surface area contributed by atoms with E-state index < -0.39 is 4.92 Å². The number of benzene rings is 1. The lowest BCUT2D eigenvalue weighted by molar-refractivity contribution is -0.384. The Morgan fingerprint density at radius 1 is 1.32 bits per heavy atom. The van der Waals surface area contributed by atoms with Gasteiger partial charge in [-0.3, -0.25) is 15.8 Å². The highest BCUT2D eigenvalue weighted by atomic mass is 16.6. The van der Waals surface area contributed by atoms with Gasteiger partial charge in [0.1, 0.15) is 17.7 Å². The van der Waals surface area contributed by atoms with Crippen LogP contribution in [0, 0.1) is 32.8 Å². The molecule has 0 aliphatic rings. The molecule has 0 atom stereocenters. The topological polar surface area (TPSA) is 140 Å². The zero-order valence-electron chi connectivity index (χ0n) is 11.5. The number of aromatic nitrogens is 1. The van der Waals surface area contributed by atoms with Gasteiger partial charge in [0.25, 0.3) is 11.5 Å². The van der Waals surface area contributed by atoms with E-state index in [1.165, 1.54) is 25.3 Å². The Kier molecular flexibility index (Phi) is 3.87. The van der Waals surface area contributed by atoms with Crippen molar-refractivity contribution in [2.45, 2.75) is 0 Å². The van der Waals surface area contributed by atoms with Crippen LogP contribution in [0.3, 0.4) is 0 Å². The van der Waals surface area contributed by atoms with Crippen molar-refractivity contribution < 1.29 is 14.6 Å². The summed E-state index contributed by atoms with van der Waals surface area (Å²) >= 11 is 0. The highest BCUT2D eigenvalue weighted by molar-refractivity contribution is 5.81. The highest BCUT2D eigenvalue weighted by Crippen LogP contribution is 2.34. The molecule has 0 saturated heterocycles. The van der Waals surface area contributed by atoms with Gasteiger partial charge in [-0.15, -0.1) is 0 Å². The van der Waals surface area contributed by atoms with E-state index >= 15 is 0 Å². The largest absolute Gasteiger partial charge is 0.465 e. The van der Waals surface area contributed by atoms with E-state index in [1.54, 1.807) is 6.07 Å². The molecule has 0 spiro atoms. The second-order valence-electron chi connectivity index (χ2n) is 4.23. The number of methoxy groups -OCH3 is 1. The molecule has 0 aliphatic heterocycles. The minimum absolute atomic E-state index is 0.0138. The number of H-pyrrole nitrogens is 1. The van der Waals surface area contributed by atoms with Crippen molar-refractivity contribution in [3.8, 4) is 29.1 Å². The molecule has 0 aliphatic carbocycles. The van der Waals surface area contributed by atoms with E-state index in [9.17, 15) is 20.6 Å². The molecule has 0 bridgehead atoms. The van der Waals surface area contributed by atoms with Crippen LogP contribution < -0.4 is 15.5 Å². The average molecular weight is 296 g/mol. The van der Waals surface area contributed by atoms with Crippen LogP contribution in [-0.2, 0) is 0 Å². The van der Waals surface area contributed by atoms with Gasteiger partial charge in [0.15, 0.2) is 5.56 Å². The summed E-state index contributed by atoms with van der Waals surface area (Å²) in [4.78, 5) is 13.0. The van der Waals surface area contributed by atoms with Crippen LogP contribution in [-0.4, -0.2) is 12.0 Å². The maximum atomic E-state index is 10.9. The molecule has 1 aromatic carbocycles. The van der Waals surface area contributed by atoms with Crippen LogP contribution in [0.4, 0.5) is 11.5 Å². The van der Waals surface area contributed by atoms with Crippen molar-refractivity contribution in [2.75, 3.05) is 12.8 Å². The number of aromatic amines is 1. The first kappa shape index (κ1) is 14.8. The van der Waals surface area contributed by atoms with Crippen LogP contribution in [0.2, 0.25) is 0 Å². The Hall–Kier alpha value is -3.65. The van der Waals surface area contributed by atoms with Gasteiger partial charge in [-0.25, -0.2) is 4.98 Å². The van der Waals surface area contributed by atoms with Crippen molar-refractivity contribution in [3.63, 3.8) is 0 Å². The molecule has 1 heterocycles. The van der Waals surface area contributed by atoms with Crippen LogP contribution in [0.15, 0.2) is 24.3 Å². The summed E-state index contributed by atoms with van der Waals surface area (Å²) in [6, 6.07) is 9.45. The summed E-state index contributed by atoms with van der Waals surface area (Å²) in [6.07, 6.45) is 0. The summed E-state index contributed by atoms with van der Waals surface area (Å²) in [5.41, 5.74) is 6.22. The number of nitrogens with zero attached hydrogens (tertiary/aromatic N) is 3. The van der Waals surface area contributed by atoms with E-state index in [2.05, 4.69) is 4.98 Å². The SMILES string of the molecule is COc1[nH+]c(N)c(C#N)c(-c2cccc([N+](=O)[O-])c2)c1C#N. The highest BCUT2D eigenvalue weighted by Gasteiger charge is 2.25. The number of hydrogen-bond donors (Lipinski definition) is 1. The van der Waals surface area contributed by atoms with Crippen LogP contribution >= 0.6 is 0 Å². The molecule has 2 aromatic rings. The maximum Gasteiger partial charge on any atom is 0.300 e. The predicted molar refractivity (Wildman–Crippen MR) is 75.5 cm³/mol. The summed E-state index contributed by atoms with van der Waals surface area (Å²) in [5.74, 6) is 0.0976. The second-order valence-corrected chi connectivity index (χ2v) is 4.23. The lowest BCUT2D eigenvalue weighted by Gasteiger charge is -2.09. The van der Waals surface area contributed by atoms with Crippen molar-refractivity contribution in [2.24, 2.45) is 0 Å². The summed E-state index contributed by atoms with van der Waals surface area (Å²) in [5, 5.41) is 29.5. The molecule has 0 fully saturated rings. The number of nitrogens with one attached hydrogen (secondary N) is 1. The number of pyridine rings is 1. The third-order valence-corrected chi connectivity index (χ3v) is 3.02. The zero-order valence-corrected chi connectivity index (χ0v) is 11.5. The molecular formula is C14H10N5O3+. The molecule has 8 nitrogen and oxygen atoms in total. The fraction of sp³-hybridized carbons (Fsp3) is 0.0714. The third kappa shape index (κ3) is 2.37. The average Bonchev–Trinajstić information content (AvgIpc) is 2.53. The molecule has 108 valence electrons. The summed E-state index contributed by atoms with van der Waals surface area (Å²) < 4.78 is 5.06. The van der Waals surface area contributed by atoms with E-state index in [0.29, 0.717) is 5.56 Å². The standard InChI is InChI=1S/C14H9N5O3/c1-22-14-11(7-16)12(10(6-15)13(17)18-14)8-3-2-4-9(5-8)19(20)21/h2-5H,1H3,(H2,17,18)/p+1. The molecule has 8 heteroatoms. The Morgan fingerprint density at radius 3 is 2.55 bits per heavy atom. The van der Waals surface area contributed by atoms with Gasteiger partial charge < -0.3 is 4.74 Å². The number of hydrogen-bond acceptors (Lipinski definition) is 6. The molecule has 1 aromatic heterocycles. The monoisotopic (exact) mass is 296 g/mol. The Labute approximate surface area is 125 Å². The number of rotatable bonds is 3. The van der Waals surface area contributed by atoms with Crippen LogP contribution in [0.25, 0.3) is 11.1 Å². The second kappa shape index (κ2) is 5.77. The van der Waals surface area contributed by atoms with Crippen molar-refractivity contribution in [1.82, 2.24) is 0 Å². The number of nitriles is 2. The fourth-order valence-electron chi connectivity index (χ4n) is 2.06. The first-order chi connectivity index (χ1) is 10.5. The van der Waals surface area contributed by atoms with Gasteiger partial charge in [0, 0.05) is 17.7 Å². The van der Waals surface area contributed by atoms with Crippen molar-refractivity contribution in [3.05, 3.63) is 45.5 Å². The first-order valence-corrected chi connectivity index (χ1v) is 6.01. The van der Waals surface area contributed by atoms with Gasteiger partial charge in [-0.1, -0.05) is 12.1 Å². The number of nitro benzene ring substituents is 1. The zero-order chi connectivity index (χ0) is 16.3. The molecule has 3 N–H and O–H groups in total. The van der Waals surface area contributed by atoms with Crippen LogP contribution in [0.5, 0.6) is 5.88 Å². The molecule has 0 radical (unpaired) electrons. The smallest absolute Gasteiger partial charge is 0.300 e. The van der Waals surface area contributed by atoms with E-state index in [1.807, 2.05) is 12.1 Å². The Bertz CT molecular complexity index is 849. The normalized spacial score (nSPS) is 9.59. The number of ether oxygens (including phenoxy) is 1. The van der Waals surface area contributed by atoms with E-state index in [-0.39, 0.29) is 34.1 Å². The molecule has 0 saturated carbocycles. The van der Waals surface area contributed by atoms with Gasteiger partial charge in [-0.05, 0) is 5.56 Å². The van der Waals surface area contributed by atoms with Crippen molar-refractivity contribution in [1.29, 1.82) is 10.5 Å². The number of anilines is 1. The van der Waals surface area contributed by atoms with Gasteiger partial charge >= 0.3 is 5.88 Å². The Balaban J connectivity index is 2.87. The number of non-ortho nitro benzene ring substituents is 1. The quantitative estimate of drug-likeness (QED) is 0.670. The molecule has 2 rings (SSSR count). The lowest BCUT2D eigenvalue weighted by atomic mass is 9.96. The number of nitro groups is 1. The van der Waals surface area contributed by atoms with Gasteiger partial charge in [-0.2, -0.15) is 10.5 Å². The summed E-state index contributed by atoms with van der Waals surface area (Å²) in [7, 11) is 1.34. The molecule has 0 amide bonds. The van der Waals surface area contributed by atoms with Crippen LogP contribution in [0.1, 0.15) is 11.1 Å². The van der Waals surface area contributed by atoms with Crippen molar-refractivity contribution >= 4 is 11.5 Å². The number of nitrogen functional groups attached to an aromatic ring is 1. The molecular weight excluding hydrogens is 286 g/mol. The minimum atomic E-state index is -0.558. The molecule has 0 unspecified atom stereocenters.